The lowest BCUT2D eigenvalue weighted by molar-refractivity contribution is -0.173. The van der Waals surface area contributed by atoms with Crippen LogP contribution >= 0.6 is 0 Å². The minimum atomic E-state index is -1.29. The van der Waals surface area contributed by atoms with Crippen molar-refractivity contribution >= 4 is 11.9 Å². The van der Waals surface area contributed by atoms with Crippen molar-refractivity contribution in [2.45, 2.75) is 69.0 Å². The molecule has 0 aromatic heterocycles. The minimum absolute atomic E-state index is 0.0366. The Morgan fingerprint density at radius 2 is 1.97 bits per heavy atom. The number of esters is 2. The monoisotopic (exact) mass is 536 g/mol. The third-order valence-corrected chi connectivity index (χ3v) is 8.74. The summed E-state index contributed by atoms with van der Waals surface area (Å²) >= 11 is 0. The summed E-state index contributed by atoms with van der Waals surface area (Å²) in [5.41, 5.74) is 6.24. The molecule has 0 saturated carbocycles. The zero-order chi connectivity index (χ0) is 27.9. The lowest BCUT2D eigenvalue weighted by Crippen LogP contribution is -2.71. The highest BCUT2D eigenvalue weighted by Gasteiger charge is 2.69. The number of carbonyl (C=O) groups excluding carboxylic acids is 2. The number of rotatable bonds is 7. The number of nitrogens with zero attached hydrogens (tertiary/aromatic N) is 1. The zero-order valence-corrected chi connectivity index (χ0v) is 22.6. The van der Waals surface area contributed by atoms with E-state index in [0.717, 1.165) is 11.1 Å². The van der Waals surface area contributed by atoms with E-state index < -0.39 is 35.2 Å². The van der Waals surface area contributed by atoms with E-state index in [1.165, 1.54) is 0 Å². The van der Waals surface area contributed by atoms with E-state index in [-0.39, 0.29) is 37.8 Å². The molecule has 208 valence electrons. The van der Waals surface area contributed by atoms with Crippen LogP contribution in [-0.4, -0.2) is 64.9 Å². The SMILES string of the molecule is Cc1ccc(CO)c2c1[C@]13CCN(C)[C@H](C)[C@]1(O)CC=C(OC(=O)[C@@H](OC(=O)CCN)c1ccccc1)[C@@H]3O2. The summed E-state index contributed by atoms with van der Waals surface area (Å²) < 4.78 is 18.0. The Hall–Kier alpha value is -3.24. The van der Waals surface area contributed by atoms with Gasteiger partial charge in [0.05, 0.1) is 24.0 Å². The second-order valence-corrected chi connectivity index (χ2v) is 10.8. The van der Waals surface area contributed by atoms with Crippen molar-refractivity contribution in [2.24, 2.45) is 5.73 Å². The Labute approximate surface area is 228 Å². The predicted octanol–water partition coefficient (Wildman–Crippen LogP) is 2.41. The number of fused-ring (bicyclic) bond motifs is 1. The standard InChI is InChI=1S/C30H36N2O7/c1-18-9-10-21(17-33)25-24(18)29-14-16-32(3)19(2)30(29,36)13-11-22(27(29)39-25)37-28(35)26(38-23(34)12-15-31)20-7-5-4-6-8-20/h4-11,19,26-27,33,36H,12-17,31H2,1-3H3/t19-,26+,27+,29+,30-/m1/s1. The first-order valence-corrected chi connectivity index (χ1v) is 13.4. The van der Waals surface area contributed by atoms with Crippen LogP contribution in [0.4, 0.5) is 0 Å². The normalized spacial score (nSPS) is 28.3. The molecule has 3 aliphatic rings. The number of piperidine rings is 1. The first-order valence-electron chi connectivity index (χ1n) is 13.4. The number of nitrogens with two attached hydrogens (primary N) is 1. The molecule has 1 aliphatic carbocycles. The number of hydrogen-bond acceptors (Lipinski definition) is 9. The van der Waals surface area contributed by atoms with Crippen molar-refractivity contribution < 1.29 is 34.0 Å². The van der Waals surface area contributed by atoms with Crippen molar-refractivity contribution in [3.63, 3.8) is 0 Å². The van der Waals surface area contributed by atoms with Gasteiger partial charge >= 0.3 is 11.9 Å². The van der Waals surface area contributed by atoms with Gasteiger partial charge in [0.2, 0.25) is 6.10 Å². The Kier molecular flexibility index (Phi) is 7.28. The van der Waals surface area contributed by atoms with Crippen LogP contribution in [0, 0.1) is 6.92 Å². The van der Waals surface area contributed by atoms with Gasteiger partial charge in [0.25, 0.3) is 0 Å². The number of likely N-dealkylation sites (tertiary alicyclic amines) is 1. The fourth-order valence-corrected chi connectivity index (χ4v) is 6.56. The number of aliphatic hydroxyl groups excluding tert-OH is 1. The topological polar surface area (TPSA) is 132 Å². The molecule has 2 heterocycles. The maximum Gasteiger partial charge on any atom is 0.357 e. The van der Waals surface area contributed by atoms with Crippen LogP contribution < -0.4 is 10.5 Å². The maximum absolute atomic E-state index is 13.6. The Morgan fingerprint density at radius 1 is 1.23 bits per heavy atom. The maximum atomic E-state index is 13.6. The van der Waals surface area contributed by atoms with Crippen LogP contribution in [0.3, 0.4) is 0 Å². The summed E-state index contributed by atoms with van der Waals surface area (Å²) in [7, 11) is 1.98. The molecule has 39 heavy (non-hydrogen) atoms. The number of benzene rings is 2. The molecule has 1 fully saturated rings. The molecule has 5 atom stereocenters. The summed E-state index contributed by atoms with van der Waals surface area (Å²) in [6, 6.07) is 12.2. The van der Waals surface area contributed by atoms with Crippen LogP contribution in [0.2, 0.25) is 0 Å². The quantitative estimate of drug-likeness (QED) is 0.457. The van der Waals surface area contributed by atoms with E-state index in [1.807, 2.05) is 33.0 Å². The van der Waals surface area contributed by atoms with E-state index >= 15 is 0 Å². The molecule has 2 aliphatic heterocycles. The molecular formula is C30H36N2O7. The van der Waals surface area contributed by atoms with E-state index in [9.17, 15) is 19.8 Å². The zero-order valence-electron chi connectivity index (χ0n) is 22.6. The molecule has 0 unspecified atom stereocenters. The largest absolute Gasteiger partial charge is 0.481 e. The van der Waals surface area contributed by atoms with Gasteiger partial charge in [-0.1, -0.05) is 42.5 Å². The molecule has 5 rings (SSSR count). The van der Waals surface area contributed by atoms with Crippen LogP contribution in [-0.2, 0) is 31.1 Å². The van der Waals surface area contributed by atoms with Gasteiger partial charge in [0, 0.05) is 35.7 Å². The van der Waals surface area contributed by atoms with Crippen molar-refractivity contribution in [1.82, 2.24) is 4.90 Å². The van der Waals surface area contributed by atoms with Crippen molar-refractivity contribution in [1.29, 1.82) is 0 Å². The Balaban J connectivity index is 1.56. The fraction of sp³-hybridized carbons (Fsp3) is 0.467. The Bertz CT molecular complexity index is 1300. The van der Waals surface area contributed by atoms with Crippen LogP contribution in [0.5, 0.6) is 5.75 Å². The van der Waals surface area contributed by atoms with Crippen molar-refractivity contribution in [3.05, 3.63) is 76.6 Å². The van der Waals surface area contributed by atoms with E-state index in [1.54, 1.807) is 36.4 Å². The van der Waals surface area contributed by atoms with Gasteiger partial charge in [-0.05, 0) is 45.5 Å². The summed E-state index contributed by atoms with van der Waals surface area (Å²) in [5, 5.41) is 22.5. The molecule has 9 nitrogen and oxygen atoms in total. The van der Waals surface area contributed by atoms with Gasteiger partial charge in [-0.15, -0.1) is 0 Å². The number of carbonyl (C=O) groups is 2. The van der Waals surface area contributed by atoms with E-state index in [0.29, 0.717) is 29.8 Å². The molecule has 9 heteroatoms. The fourth-order valence-electron chi connectivity index (χ4n) is 6.56. The van der Waals surface area contributed by atoms with Crippen molar-refractivity contribution in [3.8, 4) is 5.75 Å². The molecule has 1 saturated heterocycles. The third-order valence-electron chi connectivity index (χ3n) is 8.74. The smallest absolute Gasteiger partial charge is 0.357 e. The van der Waals surface area contributed by atoms with Crippen LogP contribution in [0.1, 0.15) is 54.5 Å². The predicted molar refractivity (Wildman–Crippen MR) is 143 cm³/mol. The van der Waals surface area contributed by atoms with Crippen molar-refractivity contribution in [2.75, 3.05) is 20.1 Å². The van der Waals surface area contributed by atoms with Gasteiger partial charge < -0.3 is 35.1 Å². The first kappa shape index (κ1) is 27.3. The first-order chi connectivity index (χ1) is 18.7. The molecule has 4 N–H and O–H groups in total. The molecule has 2 aromatic rings. The highest BCUT2D eigenvalue weighted by atomic mass is 16.6. The minimum Gasteiger partial charge on any atom is -0.481 e. The summed E-state index contributed by atoms with van der Waals surface area (Å²) in [4.78, 5) is 28.1. The van der Waals surface area contributed by atoms with E-state index in [2.05, 4.69) is 4.90 Å². The lowest BCUT2D eigenvalue weighted by Gasteiger charge is -2.58. The lowest BCUT2D eigenvalue weighted by atomic mass is 9.54. The average molecular weight is 537 g/mol. The van der Waals surface area contributed by atoms with Gasteiger partial charge in [0.15, 0.2) is 6.10 Å². The van der Waals surface area contributed by atoms with Crippen LogP contribution in [0.15, 0.2) is 54.3 Å². The van der Waals surface area contributed by atoms with Gasteiger partial charge in [0.1, 0.15) is 11.5 Å². The van der Waals surface area contributed by atoms with Crippen LogP contribution in [0.25, 0.3) is 0 Å². The molecule has 0 radical (unpaired) electrons. The summed E-state index contributed by atoms with van der Waals surface area (Å²) in [6.45, 7) is 4.51. The number of ether oxygens (including phenoxy) is 3. The second kappa shape index (κ2) is 10.4. The van der Waals surface area contributed by atoms with Gasteiger partial charge in [-0.25, -0.2) is 4.79 Å². The second-order valence-electron chi connectivity index (χ2n) is 10.8. The summed E-state index contributed by atoms with van der Waals surface area (Å²) in [5.74, 6) is -0.589. The molecule has 1 spiro atoms. The highest BCUT2D eigenvalue weighted by Crippen LogP contribution is 2.61. The molecule has 2 aromatic carbocycles. The average Bonchev–Trinajstić information content (AvgIpc) is 3.29. The number of aliphatic hydroxyl groups is 2. The van der Waals surface area contributed by atoms with Gasteiger partial charge in [-0.2, -0.15) is 0 Å². The summed E-state index contributed by atoms with van der Waals surface area (Å²) in [6.07, 6.45) is 0.351. The molecule has 0 bridgehead atoms. The molecule has 0 amide bonds. The van der Waals surface area contributed by atoms with E-state index in [4.69, 9.17) is 19.9 Å². The Morgan fingerprint density at radius 3 is 2.67 bits per heavy atom. The number of likely N-dealkylation sites (N-methyl/N-ethyl adjacent to an activating group) is 1. The van der Waals surface area contributed by atoms with Gasteiger partial charge in [-0.3, -0.25) is 4.79 Å². The number of aryl methyl sites for hydroxylation is 1. The number of hydrogen-bond donors (Lipinski definition) is 3. The third kappa shape index (κ3) is 4.24. The highest BCUT2D eigenvalue weighted by molar-refractivity contribution is 5.81. The molecular weight excluding hydrogens is 500 g/mol.